The highest BCUT2D eigenvalue weighted by Gasteiger charge is 2.27. The normalized spacial score (nSPS) is 21.4. The maximum Gasteiger partial charge on any atom is 0.407 e. The number of carbonyl (C=O) groups is 1. The fourth-order valence-electron chi connectivity index (χ4n) is 3.29. The zero-order valence-corrected chi connectivity index (χ0v) is 14.2. The van der Waals surface area contributed by atoms with Gasteiger partial charge in [-0.05, 0) is 30.7 Å². The third-order valence-electron chi connectivity index (χ3n) is 4.36. The molecule has 6 nitrogen and oxygen atoms in total. The molecule has 1 saturated heterocycles. The van der Waals surface area contributed by atoms with E-state index >= 15 is 0 Å². The van der Waals surface area contributed by atoms with Crippen molar-refractivity contribution in [2.24, 2.45) is 11.7 Å². The Labute approximate surface area is 144 Å². The van der Waals surface area contributed by atoms with Crippen LogP contribution in [-0.2, 0) is 11.3 Å². The minimum absolute atomic E-state index is 0.0669. The molecule has 1 aromatic carbocycles. The van der Waals surface area contributed by atoms with E-state index in [1.807, 2.05) is 30.3 Å². The van der Waals surface area contributed by atoms with Gasteiger partial charge in [0.1, 0.15) is 6.61 Å². The van der Waals surface area contributed by atoms with Gasteiger partial charge < -0.3 is 20.9 Å². The summed E-state index contributed by atoms with van der Waals surface area (Å²) < 4.78 is 5.31. The zero-order chi connectivity index (χ0) is 17.2. The van der Waals surface area contributed by atoms with Gasteiger partial charge in [-0.3, -0.25) is 4.90 Å². The molecule has 0 radical (unpaired) electrons. The van der Waals surface area contributed by atoms with Crippen molar-refractivity contribution in [1.82, 2.24) is 10.2 Å². The van der Waals surface area contributed by atoms with Crippen LogP contribution in [0, 0.1) is 5.92 Å². The molecule has 1 fully saturated rings. The van der Waals surface area contributed by atoms with Gasteiger partial charge in [0, 0.05) is 38.8 Å². The molecular formula is C18H29N3O3. The Morgan fingerprint density at radius 2 is 2.12 bits per heavy atom. The molecule has 0 saturated carbocycles. The fourth-order valence-corrected chi connectivity index (χ4v) is 3.29. The van der Waals surface area contributed by atoms with Crippen molar-refractivity contribution in [3.63, 3.8) is 0 Å². The van der Waals surface area contributed by atoms with Crippen molar-refractivity contribution < 1.29 is 14.6 Å². The standard InChI is InChI=1S/C18H29N3O3/c19-8-9-21-12-16(7-4-10-22)11-17(13-21)20-18(23)24-14-15-5-2-1-3-6-15/h1-3,5-6,16-17,22H,4,7-14,19H2,(H,20,23). The smallest absolute Gasteiger partial charge is 0.407 e. The van der Waals surface area contributed by atoms with Crippen LogP contribution in [0.1, 0.15) is 24.8 Å². The van der Waals surface area contributed by atoms with E-state index in [2.05, 4.69) is 10.2 Å². The van der Waals surface area contributed by atoms with E-state index in [9.17, 15) is 4.79 Å². The molecule has 0 aromatic heterocycles. The van der Waals surface area contributed by atoms with Gasteiger partial charge >= 0.3 is 6.09 Å². The van der Waals surface area contributed by atoms with E-state index in [4.69, 9.17) is 15.6 Å². The van der Waals surface area contributed by atoms with Crippen LogP contribution in [-0.4, -0.2) is 54.9 Å². The topological polar surface area (TPSA) is 87.8 Å². The average molecular weight is 335 g/mol. The minimum Gasteiger partial charge on any atom is -0.445 e. The molecule has 2 atom stereocenters. The number of carbonyl (C=O) groups excluding carboxylic acids is 1. The predicted molar refractivity (Wildman–Crippen MR) is 93.5 cm³/mol. The van der Waals surface area contributed by atoms with E-state index in [0.717, 1.165) is 44.5 Å². The number of alkyl carbamates (subject to hydrolysis) is 1. The number of benzene rings is 1. The Hall–Kier alpha value is -1.63. The summed E-state index contributed by atoms with van der Waals surface area (Å²) in [6.45, 7) is 3.71. The highest BCUT2D eigenvalue weighted by atomic mass is 16.5. The number of hydrogen-bond donors (Lipinski definition) is 3. The molecule has 0 aliphatic carbocycles. The molecule has 1 aliphatic rings. The van der Waals surface area contributed by atoms with Gasteiger partial charge in [-0.15, -0.1) is 0 Å². The number of rotatable bonds is 8. The van der Waals surface area contributed by atoms with Crippen molar-refractivity contribution in [1.29, 1.82) is 0 Å². The van der Waals surface area contributed by atoms with Crippen LogP contribution in [0.5, 0.6) is 0 Å². The number of nitrogens with zero attached hydrogens (tertiary/aromatic N) is 1. The number of ether oxygens (including phenoxy) is 1. The molecule has 4 N–H and O–H groups in total. The summed E-state index contributed by atoms with van der Waals surface area (Å²) >= 11 is 0. The minimum atomic E-state index is -0.376. The Bertz CT molecular complexity index is 484. The van der Waals surface area contributed by atoms with Crippen molar-refractivity contribution in [3.05, 3.63) is 35.9 Å². The Balaban J connectivity index is 1.80. The van der Waals surface area contributed by atoms with Gasteiger partial charge in [0.15, 0.2) is 0 Å². The number of aliphatic hydroxyl groups is 1. The molecule has 134 valence electrons. The van der Waals surface area contributed by atoms with Crippen molar-refractivity contribution >= 4 is 6.09 Å². The van der Waals surface area contributed by atoms with Crippen molar-refractivity contribution in [2.45, 2.75) is 31.9 Å². The van der Waals surface area contributed by atoms with E-state index in [1.54, 1.807) is 0 Å². The van der Waals surface area contributed by atoms with Gasteiger partial charge in [-0.2, -0.15) is 0 Å². The second kappa shape index (κ2) is 10.3. The number of aliphatic hydroxyl groups excluding tert-OH is 1. The molecule has 6 heteroatoms. The lowest BCUT2D eigenvalue weighted by atomic mass is 9.90. The first kappa shape index (κ1) is 18.7. The third-order valence-corrected chi connectivity index (χ3v) is 4.36. The molecular weight excluding hydrogens is 306 g/mol. The average Bonchev–Trinajstić information content (AvgIpc) is 2.59. The first-order chi connectivity index (χ1) is 11.7. The van der Waals surface area contributed by atoms with Gasteiger partial charge in [0.25, 0.3) is 0 Å². The first-order valence-corrected chi connectivity index (χ1v) is 8.71. The summed E-state index contributed by atoms with van der Waals surface area (Å²) in [5.74, 6) is 0.469. The summed E-state index contributed by atoms with van der Waals surface area (Å²) in [5, 5.41) is 12.0. The second-order valence-electron chi connectivity index (χ2n) is 6.42. The number of hydrogen-bond acceptors (Lipinski definition) is 5. The summed E-state index contributed by atoms with van der Waals surface area (Å²) in [4.78, 5) is 14.3. The Kier molecular flexibility index (Phi) is 8.01. The number of amides is 1. The van der Waals surface area contributed by atoms with Crippen molar-refractivity contribution in [3.8, 4) is 0 Å². The fraction of sp³-hybridized carbons (Fsp3) is 0.611. The summed E-state index contributed by atoms with van der Waals surface area (Å²) in [5.41, 5.74) is 6.64. The lowest BCUT2D eigenvalue weighted by Crippen LogP contribution is -2.51. The summed E-state index contributed by atoms with van der Waals surface area (Å²) in [7, 11) is 0. The van der Waals surface area contributed by atoms with E-state index < -0.39 is 0 Å². The Morgan fingerprint density at radius 1 is 1.33 bits per heavy atom. The zero-order valence-electron chi connectivity index (χ0n) is 14.2. The van der Waals surface area contributed by atoms with Crippen LogP contribution >= 0.6 is 0 Å². The van der Waals surface area contributed by atoms with Gasteiger partial charge in [0.05, 0.1) is 0 Å². The van der Waals surface area contributed by atoms with Gasteiger partial charge in [0.2, 0.25) is 0 Å². The molecule has 24 heavy (non-hydrogen) atoms. The molecule has 0 spiro atoms. The molecule has 2 rings (SSSR count). The van der Waals surface area contributed by atoms with Crippen LogP contribution in [0.4, 0.5) is 4.79 Å². The third kappa shape index (κ3) is 6.47. The van der Waals surface area contributed by atoms with Crippen LogP contribution < -0.4 is 11.1 Å². The SMILES string of the molecule is NCCN1CC(CCCO)CC(NC(=O)OCc2ccccc2)C1. The van der Waals surface area contributed by atoms with Crippen LogP contribution in [0.2, 0.25) is 0 Å². The molecule has 1 heterocycles. The highest BCUT2D eigenvalue weighted by molar-refractivity contribution is 5.67. The van der Waals surface area contributed by atoms with Crippen LogP contribution in [0.15, 0.2) is 30.3 Å². The summed E-state index contributed by atoms with van der Waals surface area (Å²) in [6, 6.07) is 9.72. The van der Waals surface area contributed by atoms with Crippen molar-refractivity contribution in [2.75, 3.05) is 32.8 Å². The van der Waals surface area contributed by atoms with Gasteiger partial charge in [-0.1, -0.05) is 30.3 Å². The molecule has 1 aromatic rings. The van der Waals surface area contributed by atoms with E-state index in [0.29, 0.717) is 12.5 Å². The summed E-state index contributed by atoms with van der Waals surface area (Å²) in [6.07, 6.45) is 2.31. The first-order valence-electron chi connectivity index (χ1n) is 8.71. The largest absolute Gasteiger partial charge is 0.445 e. The van der Waals surface area contributed by atoms with E-state index in [-0.39, 0.29) is 25.3 Å². The lowest BCUT2D eigenvalue weighted by Gasteiger charge is -2.37. The second-order valence-corrected chi connectivity index (χ2v) is 6.42. The highest BCUT2D eigenvalue weighted by Crippen LogP contribution is 2.21. The molecule has 1 aliphatic heterocycles. The number of nitrogens with one attached hydrogen (secondary N) is 1. The van der Waals surface area contributed by atoms with E-state index in [1.165, 1.54) is 0 Å². The molecule has 2 unspecified atom stereocenters. The quantitative estimate of drug-likeness (QED) is 0.667. The maximum atomic E-state index is 12.1. The number of nitrogens with two attached hydrogens (primary N) is 1. The van der Waals surface area contributed by atoms with Gasteiger partial charge in [-0.25, -0.2) is 4.79 Å². The monoisotopic (exact) mass is 335 g/mol. The molecule has 0 bridgehead atoms. The lowest BCUT2D eigenvalue weighted by molar-refractivity contribution is 0.107. The maximum absolute atomic E-state index is 12.1. The molecule has 1 amide bonds. The predicted octanol–water partition coefficient (Wildman–Crippen LogP) is 1.33. The number of piperidine rings is 1. The van der Waals surface area contributed by atoms with Crippen LogP contribution in [0.3, 0.4) is 0 Å². The van der Waals surface area contributed by atoms with Crippen LogP contribution in [0.25, 0.3) is 0 Å². The number of likely N-dealkylation sites (tertiary alicyclic amines) is 1. The Morgan fingerprint density at radius 3 is 2.83 bits per heavy atom.